The van der Waals surface area contributed by atoms with E-state index >= 15 is 0 Å². The molecule has 0 aliphatic carbocycles. The Bertz CT molecular complexity index is 212. The second kappa shape index (κ2) is 6.86. The Labute approximate surface area is 98.8 Å². The lowest BCUT2D eigenvalue weighted by atomic mass is 10.1. The molecule has 16 heavy (non-hydrogen) atoms. The van der Waals surface area contributed by atoms with Crippen LogP contribution in [0, 0.1) is 0 Å². The molecule has 94 valence electrons. The third-order valence-corrected chi connectivity index (χ3v) is 3.26. The number of hydrogen-bond acceptors (Lipinski definition) is 3. The highest BCUT2D eigenvalue weighted by Crippen LogP contribution is 2.07. The highest BCUT2D eigenvalue weighted by atomic mass is 16.1. The quantitative estimate of drug-likeness (QED) is 0.698. The van der Waals surface area contributed by atoms with Crippen molar-refractivity contribution in [3.05, 3.63) is 0 Å². The molecule has 4 nitrogen and oxygen atoms in total. The molecule has 1 aliphatic heterocycles. The maximum Gasteiger partial charge on any atom is 0.221 e. The summed E-state index contributed by atoms with van der Waals surface area (Å²) in [6, 6.07) is 0.941. The molecule has 0 radical (unpaired) electrons. The third-order valence-electron chi connectivity index (χ3n) is 3.26. The van der Waals surface area contributed by atoms with Crippen molar-refractivity contribution in [2.24, 2.45) is 0 Å². The van der Waals surface area contributed by atoms with E-state index in [0.29, 0.717) is 18.5 Å². The molecule has 0 saturated carbocycles. The fourth-order valence-corrected chi connectivity index (χ4v) is 1.86. The van der Waals surface area contributed by atoms with Gasteiger partial charge < -0.3 is 15.5 Å². The van der Waals surface area contributed by atoms with Crippen LogP contribution in [0.3, 0.4) is 0 Å². The van der Waals surface area contributed by atoms with Gasteiger partial charge in [-0.05, 0) is 40.3 Å². The number of likely N-dealkylation sites (N-methyl/N-ethyl adjacent to an activating group) is 1. The van der Waals surface area contributed by atoms with Gasteiger partial charge in [0.1, 0.15) is 0 Å². The van der Waals surface area contributed by atoms with Crippen LogP contribution in [-0.4, -0.2) is 49.6 Å². The van der Waals surface area contributed by atoms with Crippen molar-refractivity contribution in [1.82, 2.24) is 15.5 Å². The Balaban J connectivity index is 2.05. The summed E-state index contributed by atoms with van der Waals surface area (Å²) in [7, 11) is 2.08. The predicted molar refractivity (Wildman–Crippen MR) is 66.4 cm³/mol. The summed E-state index contributed by atoms with van der Waals surface area (Å²) < 4.78 is 0. The number of nitrogens with zero attached hydrogens (tertiary/aromatic N) is 1. The summed E-state index contributed by atoms with van der Waals surface area (Å²) >= 11 is 0. The van der Waals surface area contributed by atoms with Gasteiger partial charge in [-0.3, -0.25) is 4.79 Å². The van der Waals surface area contributed by atoms with E-state index in [4.69, 9.17) is 0 Å². The van der Waals surface area contributed by atoms with Gasteiger partial charge in [0.2, 0.25) is 5.91 Å². The lowest BCUT2D eigenvalue weighted by Crippen LogP contribution is -2.38. The minimum atomic E-state index is 0.177. The highest BCUT2D eigenvalue weighted by molar-refractivity contribution is 5.76. The fraction of sp³-hybridized carbons (Fsp3) is 0.917. The second-order valence-corrected chi connectivity index (χ2v) is 4.92. The van der Waals surface area contributed by atoms with E-state index in [2.05, 4.69) is 36.4 Å². The number of nitrogens with one attached hydrogen (secondary N) is 2. The first-order valence-electron chi connectivity index (χ1n) is 6.30. The Hall–Kier alpha value is -0.610. The van der Waals surface area contributed by atoms with Crippen molar-refractivity contribution in [2.45, 2.75) is 45.2 Å². The predicted octanol–water partition coefficient (Wildman–Crippen LogP) is 0.585. The molecule has 0 aromatic carbocycles. The van der Waals surface area contributed by atoms with Gasteiger partial charge in [0.05, 0.1) is 0 Å². The van der Waals surface area contributed by atoms with E-state index in [9.17, 15) is 4.79 Å². The number of hydrogen-bond donors (Lipinski definition) is 2. The summed E-state index contributed by atoms with van der Waals surface area (Å²) in [6.07, 6.45) is 2.97. The van der Waals surface area contributed by atoms with Crippen LogP contribution in [0.4, 0.5) is 0 Å². The first-order chi connectivity index (χ1) is 7.59. The van der Waals surface area contributed by atoms with E-state index in [1.807, 2.05) is 0 Å². The average Bonchev–Trinajstić information content (AvgIpc) is 2.70. The van der Waals surface area contributed by atoms with E-state index in [0.717, 1.165) is 26.1 Å². The molecular weight excluding hydrogens is 202 g/mol. The molecule has 4 heteroatoms. The Morgan fingerprint density at radius 2 is 2.31 bits per heavy atom. The maximum absolute atomic E-state index is 11.6. The number of amides is 1. The molecule has 1 rings (SSSR count). The van der Waals surface area contributed by atoms with Crippen molar-refractivity contribution >= 4 is 5.91 Å². The molecule has 0 aromatic heterocycles. The molecule has 0 aromatic rings. The standard InChI is InChI=1S/C12H25N3O/c1-10(2)15(3)8-7-14-12(16)9-11-5-4-6-13-11/h10-11,13H,4-9H2,1-3H3,(H,14,16). The lowest BCUT2D eigenvalue weighted by molar-refractivity contribution is -0.121. The van der Waals surface area contributed by atoms with Crippen molar-refractivity contribution in [1.29, 1.82) is 0 Å². The molecule has 1 unspecified atom stereocenters. The van der Waals surface area contributed by atoms with Crippen molar-refractivity contribution in [2.75, 3.05) is 26.7 Å². The SMILES string of the molecule is CC(C)N(C)CCNC(=O)CC1CCCN1. The summed E-state index contributed by atoms with van der Waals surface area (Å²) in [5, 5.41) is 6.31. The summed E-state index contributed by atoms with van der Waals surface area (Å²) in [5.74, 6) is 0.177. The lowest BCUT2D eigenvalue weighted by Gasteiger charge is -2.21. The van der Waals surface area contributed by atoms with Gasteiger partial charge in [0.25, 0.3) is 0 Å². The largest absolute Gasteiger partial charge is 0.355 e. The maximum atomic E-state index is 11.6. The zero-order chi connectivity index (χ0) is 12.0. The van der Waals surface area contributed by atoms with Crippen LogP contribution in [-0.2, 0) is 4.79 Å². The van der Waals surface area contributed by atoms with Crippen LogP contribution < -0.4 is 10.6 Å². The van der Waals surface area contributed by atoms with Crippen LogP contribution in [0.5, 0.6) is 0 Å². The molecule has 2 N–H and O–H groups in total. The second-order valence-electron chi connectivity index (χ2n) is 4.92. The van der Waals surface area contributed by atoms with Gasteiger partial charge in [-0.2, -0.15) is 0 Å². The molecule has 1 amide bonds. The van der Waals surface area contributed by atoms with E-state index in [-0.39, 0.29) is 5.91 Å². The Kier molecular flexibility index (Phi) is 5.77. The van der Waals surface area contributed by atoms with Crippen LogP contribution in [0.15, 0.2) is 0 Å². The number of carbonyl (C=O) groups excluding carboxylic acids is 1. The Morgan fingerprint density at radius 3 is 2.88 bits per heavy atom. The zero-order valence-corrected chi connectivity index (χ0v) is 10.8. The van der Waals surface area contributed by atoms with Gasteiger partial charge in [-0.25, -0.2) is 0 Å². The minimum absolute atomic E-state index is 0.177. The smallest absolute Gasteiger partial charge is 0.221 e. The molecule has 1 heterocycles. The number of rotatable bonds is 6. The van der Waals surface area contributed by atoms with Crippen LogP contribution >= 0.6 is 0 Å². The highest BCUT2D eigenvalue weighted by Gasteiger charge is 2.17. The normalized spacial score (nSPS) is 20.7. The summed E-state index contributed by atoms with van der Waals surface area (Å²) in [4.78, 5) is 13.8. The monoisotopic (exact) mass is 227 g/mol. The van der Waals surface area contributed by atoms with Gasteiger partial charge in [0.15, 0.2) is 0 Å². The molecule has 1 aliphatic rings. The molecular formula is C12H25N3O. The summed E-state index contributed by atoms with van der Waals surface area (Å²) in [5.41, 5.74) is 0. The minimum Gasteiger partial charge on any atom is -0.355 e. The molecule has 1 fully saturated rings. The van der Waals surface area contributed by atoms with Crippen LogP contribution in [0.25, 0.3) is 0 Å². The molecule has 0 spiro atoms. The molecule has 1 saturated heterocycles. The van der Waals surface area contributed by atoms with Gasteiger partial charge in [-0.15, -0.1) is 0 Å². The molecule has 0 bridgehead atoms. The van der Waals surface area contributed by atoms with Gasteiger partial charge in [0, 0.05) is 31.6 Å². The van der Waals surface area contributed by atoms with Crippen molar-refractivity contribution < 1.29 is 4.79 Å². The first-order valence-corrected chi connectivity index (χ1v) is 6.30. The van der Waals surface area contributed by atoms with E-state index < -0.39 is 0 Å². The summed E-state index contributed by atoms with van der Waals surface area (Å²) in [6.45, 7) is 7.05. The zero-order valence-electron chi connectivity index (χ0n) is 10.8. The van der Waals surface area contributed by atoms with E-state index in [1.54, 1.807) is 0 Å². The van der Waals surface area contributed by atoms with E-state index in [1.165, 1.54) is 6.42 Å². The third kappa shape index (κ3) is 4.94. The fourth-order valence-electron chi connectivity index (χ4n) is 1.86. The van der Waals surface area contributed by atoms with Crippen LogP contribution in [0.2, 0.25) is 0 Å². The number of carbonyl (C=O) groups is 1. The van der Waals surface area contributed by atoms with Crippen molar-refractivity contribution in [3.8, 4) is 0 Å². The van der Waals surface area contributed by atoms with Crippen LogP contribution in [0.1, 0.15) is 33.1 Å². The topological polar surface area (TPSA) is 44.4 Å². The van der Waals surface area contributed by atoms with Crippen molar-refractivity contribution in [3.63, 3.8) is 0 Å². The van der Waals surface area contributed by atoms with Gasteiger partial charge >= 0.3 is 0 Å². The molecule has 1 atom stereocenters. The average molecular weight is 227 g/mol. The first kappa shape index (κ1) is 13.5. The van der Waals surface area contributed by atoms with Gasteiger partial charge in [-0.1, -0.05) is 0 Å². The Morgan fingerprint density at radius 1 is 1.56 bits per heavy atom.